The highest BCUT2D eigenvalue weighted by Gasteiger charge is 2.08. The van der Waals surface area contributed by atoms with Gasteiger partial charge in [-0.25, -0.2) is 4.39 Å². The lowest BCUT2D eigenvalue weighted by atomic mass is 10.1. The van der Waals surface area contributed by atoms with E-state index >= 15 is 0 Å². The molecule has 0 bridgehead atoms. The van der Waals surface area contributed by atoms with Crippen molar-refractivity contribution in [2.75, 3.05) is 0 Å². The van der Waals surface area contributed by atoms with Crippen LogP contribution in [0.2, 0.25) is 0 Å². The lowest BCUT2D eigenvalue weighted by Crippen LogP contribution is -2.23. The fourth-order valence-corrected chi connectivity index (χ4v) is 1.98. The molecule has 21 heavy (non-hydrogen) atoms. The Balaban J connectivity index is 2.05. The maximum absolute atomic E-state index is 13.4. The van der Waals surface area contributed by atoms with Crippen LogP contribution in [0.15, 0.2) is 42.5 Å². The van der Waals surface area contributed by atoms with Crippen LogP contribution in [0.25, 0.3) is 0 Å². The molecule has 3 nitrogen and oxygen atoms in total. The van der Waals surface area contributed by atoms with Crippen molar-refractivity contribution in [2.24, 2.45) is 5.73 Å². The van der Waals surface area contributed by atoms with Gasteiger partial charge in [0.2, 0.25) is 0 Å². The van der Waals surface area contributed by atoms with Gasteiger partial charge in [0, 0.05) is 17.7 Å². The van der Waals surface area contributed by atoms with Crippen LogP contribution in [0.4, 0.5) is 4.39 Å². The number of halogens is 1. The number of hydrogen-bond donors (Lipinski definition) is 2. The van der Waals surface area contributed by atoms with E-state index in [4.69, 9.17) is 18.0 Å². The highest BCUT2D eigenvalue weighted by atomic mass is 32.1. The third kappa shape index (κ3) is 3.86. The SMILES string of the molecule is Cc1ccc(C(=O)NCc2cccc(C(N)=S)c2)cc1F. The summed E-state index contributed by atoms with van der Waals surface area (Å²) < 4.78 is 13.4. The number of rotatable bonds is 4. The standard InChI is InChI=1S/C16H15FN2OS/c1-10-5-6-13(8-14(10)17)16(20)19-9-11-3-2-4-12(7-11)15(18)21/h2-8H,9H2,1H3,(H2,18,21)(H,19,20). The number of carbonyl (C=O) groups is 1. The van der Waals surface area contributed by atoms with Crippen LogP contribution in [-0.4, -0.2) is 10.9 Å². The molecule has 0 saturated heterocycles. The number of amides is 1. The minimum atomic E-state index is -0.391. The van der Waals surface area contributed by atoms with E-state index in [0.29, 0.717) is 22.7 Å². The van der Waals surface area contributed by atoms with Crippen molar-refractivity contribution in [1.29, 1.82) is 0 Å². The van der Waals surface area contributed by atoms with Gasteiger partial charge >= 0.3 is 0 Å². The van der Waals surface area contributed by atoms with Gasteiger partial charge in [-0.15, -0.1) is 0 Å². The van der Waals surface area contributed by atoms with Gasteiger partial charge in [0.25, 0.3) is 5.91 Å². The Morgan fingerprint density at radius 2 is 2.00 bits per heavy atom. The van der Waals surface area contributed by atoms with Gasteiger partial charge in [0.1, 0.15) is 10.8 Å². The van der Waals surface area contributed by atoms with Crippen LogP contribution in [0.1, 0.15) is 27.0 Å². The van der Waals surface area contributed by atoms with Gasteiger partial charge in [-0.05, 0) is 36.2 Å². The Kier molecular flexibility index (Phi) is 4.65. The van der Waals surface area contributed by atoms with E-state index in [0.717, 1.165) is 11.1 Å². The second kappa shape index (κ2) is 6.45. The van der Waals surface area contributed by atoms with Crippen LogP contribution in [-0.2, 0) is 6.54 Å². The minimum absolute atomic E-state index is 0.295. The molecule has 3 N–H and O–H groups in total. The van der Waals surface area contributed by atoms with Crippen molar-refractivity contribution in [3.8, 4) is 0 Å². The van der Waals surface area contributed by atoms with Gasteiger partial charge in [0.05, 0.1) is 0 Å². The van der Waals surface area contributed by atoms with Crippen molar-refractivity contribution >= 4 is 23.1 Å². The first-order chi connectivity index (χ1) is 9.97. The first-order valence-electron chi connectivity index (χ1n) is 6.40. The summed E-state index contributed by atoms with van der Waals surface area (Å²) in [5, 5.41) is 2.74. The van der Waals surface area contributed by atoms with E-state index in [1.165, 1.54) is 6.07 Å². The molecule has 0 aliphatic rings. The zero-order valence-electron chi connectivity index (χ0n) is 11.5. The zero-order chi connectivity index (χ0) is 15.4. The second-order valence-corrected chi connectivity index (χ2v) is 5.15. The lowest BCUT2D eigenvalue weighted by Gasteiger charge is -2.07. The van der Waals surface area contributed by atoms with Gasteiger partial charge in [-0.1, -0.05) is 36.5 Å². The van der Waals surface area contributed by atoms with E-state index in [-0.39, 0.29) is 5.91 Å². The third-order valence-electron chi connectivity index (χ3n) is 3.10. The fourth-order valence-electron chi connectivity index (χ4n) is 1.85. The van der Waals surface area contributed by atoms with Crippen LogP contribution in [0.3, 0.4) is 0 Å². The molecule has 0 aliphatic carbocycles. The third-order valence-corrected chi connectivity index (χ3v) is 3.33. The number of hydrogen-bond acceptors (Lipinski definition) is 2. The molecule has 1 amide bonds. The summed E-state index contributed by atoms with van der Waals surface area (Å²) >= 11 is 4.91. The predicted molar refractivity (Wildman–Crippen MR) is 84.6 cm³/mol. The molecular formula is C16H15FN2OS. The highest BCUT2D eigenvalue weighted by Crippen LogP contribution is 2.10. The molecule has 0 atom stereocenters. The molecule has 0 unspecified atom stereocenters. The molecule has 108 valence electrons. The van der Waals surface area contributed by atoms with Gasteiger partial charge in [-0.3, -0.25) is 4.79 Å². The molecule has 0 spiro atoms. The van der Waals surface area contributed by atoms with Crippen LogP contribution in [0, 0.1) is 12.7 Å². The first-order valence-corrected chi connectivity index (χ1v) is 6.81. The van der Waals surface area contributed by atoms with E-state index in [1.807, 2.05) is 24.3 Å². The summed E-state index contributed by atoms with van der Waals surface area (Å²) in [5.74, 6) is -0.715. The molecule has 0 fully saturated rings. The fraction of sp³-hybridized carbons (Fsp3) is 0.125. The summed E-state index contributed by atoms with van der Waals surface area (Å²) in [6.07, 6.45) is 0. The van der Waals surface area contributed by atoms with Gasteiger partial charge < -0.3 is 11.1 Å². The van der Waals surface area contributed by atoms with E-state index in [1.54, 1.807) is 19.1 Å². The van der Waals surface area contributed by atoms with Crippen molar-refractivity contribution in [3.05, 3.63) is 70.5 Å². The lowest BCUT2D eigenvalue weighted by molar-refractivity contribution is 0.0950. The highest BCUT2D eigenvalue weighted by molar-refractivity contribution is 7.80. The molecule has 0 saturated carbocycles. The number of nitrogens with one attached hydrogen (secondary N) is 1. The van der Waals surface area contributed by atoms with Gasteiger partial charge in [-0.2, -0.15) is 0 Å². The van der Waals surface area contributed by atoms with E-state index in [9.17, 15) is 9.18 Å². The first kappa shape index (κ1) is 15.1. The quantitative estimate of drug-likeness (QED) is 0.854. The maximum atomic E-state index is 13.4. The molecule has 0 aromatic heterocycles. The largest absolute Gasteiger partial charge is 0.389 e. The summed E-state index contributed by atoms with van der Waals surface area (Å²) in [6, 6.07) is 11.7. The monoisotopic (exact) mass is 302 g/mol. The molecule has 2 aromatic carbocycles. The molecular weight excluding hydrogens is 287 g/mol. The minimum Gasteiger partial charge on any atom is -0.389 e. The smallest absolute Gasteiger partial charge is 0.251 e. The average molecular weight is 302 g/mol. The molecule has 2 rings (SSSR count). The van der Waals surface area contributed by atoms with Crippen LogP contribution < -0.4 is 11.1 Å². The predicted octanol–water partition coefficient (Wildman–Crippen LogP) is 2.70. The zero-order valence-corrected chi connectivity index (χ0v) is 12.3. The summed E-state index contributed by atoms with van der Waals surface area (Å²) in [5.41, 5.74) is 7.99. The molecule has 0 aliphatic heterocycles. The molecule has 0 radical (unpaired) electrons. The topological polar surface area (TPSA) is 55.1 Å². The maximum Gasteiger partial charge on any atom is 0.251 e. The Morgan fingerprint density at radius 1 is 1.24 bits per heavy atom. The molecule has 2 aromatic rings. The van der Waals surface area contributed by atoms with Crippen LogP contribution in [0.5, 0.6) is 0 Å². The Hall–Kier alpha value is -2.27. The number of thiocarbonyl (C=S) groups is 1. The Bertz CT molecular complexity index is 700. The summed E-state index contributed by atoms with van der Waals surface area (Å²) in [7, 11) is 0. The second-order valence-electron chi connectivity index (χ2n) is 4.71. The summed E-state index contributed by atoms with van der Waals surface area (Å²) in [6.45, 7) is 1.98. The van der Waals surface area contributed by atoms with Crippen LogP contribution >= 0.6 is 12.2 Å². The van der Waals surface area contributed by atoms with Crippen molar-refractivity contribution < 1.29 is 9.18 Å². The molecule has 0 heterocycles. The van der Waals surface area contributed by atoms with E-state index < -0.39 is 5.82 Å². The number of aryl methyl sites for hydroxylation is 1. The van der Waals surface area contributed by atoms with Crippen molar-refractivity contribution in [2.45, 2.75) is 13.5 Å². The normalized spacial score (nSPS) is 10.2. The average Bonchev–Trinajstić information content (AvgIpc) is 2.48. The van der Waals surface area contributed by atoms with Crippen molar-refractivity contribution in [1.82, 2.24) is 5.32 Å². The Morgan fingerprint density at radius 3 is 2.67 bits per heavy atom. The van der Waals surface area contributed by atoms with E-state index in [2.05, 4.69) is 5.32 Å². The number of nitrogens with two attached hydrogens (primary N) is 1. The Labute approximate surface area is 128 Å². The molecule has 5 heteroatoms. The number of benzene rings is 2. The number of carbonyl (C=O) groups excluding carboxylic acids is 1. The van der Waals surface area contributed by atoms with Crippen molar-refractivity contribution in [3.63, 3.8) is 0 Å². The van der Waals surface area contributed by atoms with Gasteiger partial charge in [0.15, 0.2) is 0 Å². The summed E-state index contributed by atoms with van der Waals surface area (Å²) in [4.78, 5) is 12.3.